The zero-order valence-corrected chi connectivity index (χ0v) is 8.61. The first-order valence-corrected chi connectivity index (χ1v) is 5.33. The number of rotatable bonds is 3. The molecule has 0 aromatic carbocycles. The minimum absolute atomic E-state index is 0.228. The normalized spacial score (nSPS) is 17.9. The highest BCUT2D eigenvalue weighted by Crippen LogP contribution is 2.18. The van der Waals surface area contributed by atoms with Gasteiger partial charge in [-0.1, -0.05) is 12.1 Å². The number of nitrogens with zero attached hydrogens (tertiary/aromatic N) is 3. The van der Waals surface area contributed by atoms with Crippen LogP contribution < -0.4 is 0 Å². The number of aliphatic hydroxyl groups excluding tert-OH is 1. The van der Waals surface area contributed by atoms with Crippen LogP contribution in [0.1, 0.15) is 31.2 Å². The van der Waals surface area contributed by atoms with E-state index < -0.39 is 0 Å². The Bertz CT molecular complexity index is 308. The van der Waals surface area contributed by atoms with Crippen molar-refractivity contribution in [2.45, 2.75) is 39.2 Å². The molecule has 14 heavy (non-hydrogen) atoms. The van der Waals surface area contributed by atoms with Gasteiger partial charge in [-0.05, 0) is 31.6 Å². The van der Waals surface area contributed by atoms with E-state index in [-0.39, 0.29) is 6.61 Å². The van der Waals surface area contributed by atoms with Crippen LogP contribution >= 0.6 is 0 Å². The molecule has 0 saturated carbocycles. The fourth-order valence-corrected chi connectivity index (χ4v) is 1.93. The van der Waals surface area contributed by atoms with E-state index in [1.807, 2.05) is 11.6 Å². The summed E-state index contributed by atoms with van der Waals surface area (Å²) in [7, 11) is 0. The van der Waals surface area contributed by atoms with Crippen molar-refractivity contribution in [3.05, 3.63) is 11.4 Å². The average Bonchev–Trinajstić information content (AvgIpc) is 2.62. The summed E-state index contributed by atoms with van der Waals surface area (Å²) in [5, 5.41) is 17.3. The van der Waals surface area contributed by atoms with Gasteiger partial charge in [0.05, 0.1) is 11.4 Å². The van der Waals surface area contributed by atoms with Crippen molar-refractivity contribution < 1.29 is 5.11 Å². The lowest BCUT2D eigenvalue weighted by molar-refractivity contribution is 0.236. The Balaban J connectivity index is 2.14. The van der Waals surface area contributed by atoms with E-state index in [1.165, 1.54) is 18.5 Å². The Hall–Kier alpha value is -0.900. The number of hydrogen-bond acceptors (Lipinski definition) is 3. The summed E-state index contributed by atoms with van der Waals surface area (Å²) < 4.78 is 2.02. The number of aryl methyl sites for hydroxylation is 1. The van der Waals surface area contributed by atoms with E-state index in [1.54, 1.807) is 0 Å². The smallest absolute Gasteiger partial charge is 0.0862 e. The van der Waals surface area contributed by atoms with Crippen LogP contribution in [0.3, 0.4) is 0 Å². The largest absolute Gasteiger partial charge is 0.396 e. The quantitative estimate of drug-likeness (QED) is 0.775. The number of fused-ring (bicyclic) bond motifs is 1. The van der Waals surface area contributed by atoms with Gasteiger partial charge in [0.2, 0.25) is 0 Å². The lowest BCUT2D eigenvalue weighted by Crippen LogP contribution is -2.13. The first-order chi connectivity index (χ1) is 6.81. The predicted molar refractivity (Wildman–Crippen MR) is 52.9 cm³/mol. The summed E-state index contributed by atoms with van der Waals surface area (Å²) >= 11 is 0. The molecule has 0 spiro atoms. The van der Waals surface area contributed by atoms with Crippen LogP contribution in [0.2, 0.25) is 0 Å². The van der Waals surface area contributed by atoms with E-state index in [9.17, 15) is 0 Å². The van der Waals surface area contributed by atoms with Gasteiger partial charge in [0.1, 0.15) is 0 Å². The maximum atomic E-state index is 8.98. The highest BCUT2D eigenvalue weighted by Gasteiger charge is 2.17. The second-order valence-electron chi connectivity index (χ2n) is 4.15. The van der Waals surface area contributed by atoms with Gasteiger partial charge in [0.25, 0.3) is 0 Å². The summed E-state index contributed by atoms with van der Waals surface area (Å²) in [5.41, 5.74) is 2.38. The molecule has 0 fully saturated rings. The molecular formula is C10H17N3O. The molecule has 0 radical (unpaired) electrons. The highest BCUT2D eigenvalue weighted by molar-refractivity contribution is 5.12. The maximum absolute atomic E-state index is 8.98. The van der Waals surface area contributed by atoms with Crippen LogP contribution in [-0.2, 0) is 19.4 Å². The van der Waals surface area contributed by atoms with Crippen LogP contribution in [-0.4, -0.2) is 26.7 Å². The van der Waals surface area contributed by atoms with Crippen LogP contribution in [0.15, 0.2) is 0 Å². The summed E-state index contributed by atoms with van der Waals surface area (Å²) in [6.07, 6.45) is 4.41. The molecule has 1 aromatic rings. The van der Waals surface area contributed by atoms with E-state index in [2.05, 4.69) is 10.3 Å². The van der Waals surface area contributed by atoms with E-state index in [4.69, 9.17) is 5.11 Å². The standard InChI is InChI=1S/C10H17N3O/c1-8(7-14)6-9-10-4-2-3-5-13(10)12-11-9/h8,14H,2-7H2,1H3. The molecule has 0 saturated heterocycles. The summed E-state index contributed by atoms with van der Waals surface area (Å²) in [6.45, 7) is 3.27. The zero-order chi connectivity index (χ0) is 9.97. The molecule has 2 heterocycles. The minimum atomic E-state index is 0.228. The minimum Gasteiger partial charge on any atom is -0.396 e. The van der Waals surface area contributed by atoms with Crippen molar-refractivity contribution >= 4 is 0 Å². The van der Waals surface area contributed by atoms with Gasteiger partial charge < -0.3 is 5.11 Å². The van der Waals surface area contributed by atoms with Gasteiger partial charge in [-0.15, -0.1) is 5.10 Å². The SMILES string of the molecule is CC(CO)Cc1nnn2c1CCCC2. The zero-order valence-electron chi connectivity index (χ0n) is 8.61. The van der Waals surface area contributed by atoms with Crippen molar-refractivity contribution in [2.24, 2.45) is 5.92 Å². The second kappa shape index (κ2) is 4.09. The summed E-state index contributed by atoms with van der Waals surface area (Å²) in [6, 6.07) is 0. The molecule has 1 aliphatic heterocycles. The third-order valence-electron chi connectivity index (χ3n) is 2.81. The van der Waals surface area contributed by atoms with Crippen molar-refractivity contribution in [2.75, 3.05) is 6.61 Å². The van der Waals surface area contributed by atoms with Gasteiger partial charge >= 0.3 is 0 Å². The third-order valence-corrected chi connectivity index (χ3v) is 2.81. The topological polar surface area (TPSA) is 50.9 Å². The van der Waals surface area contributed by atoms with Gasteiger partial charge in [-0.2, -0.15) is 0 Å². The third kappa shape index (κ3) is 1.80. The fourth-order valence-electron chi connectivity index (χ4n) is 1.93. The molecule has 1 atom stereocenters. The lowest BCUT2D eigenvalue weighted by Gasteiger charge is -2.13. The first-order valence-electron chi connectivity index (χ1n) is 5.33. The van der Waals surface area contributed by atoms with E-state index in [0.717, 1.165) is 25.1 Å². The van der Waals surface area contributed by atoms with Crippen LogP contribution in [0.4, 0.5) is 0 Å². The average molecular weight is 195 g/mol. The summed E-state index contributed by atoms with van der Waals surface area (Å²) in [5.74, 6) is 0.290. The van der Waals surface area contributed by atoms with Gasteiger partial charge in [0.15, 0.2) is 0 Å². The van der Waals surface area contributed by atoms with Crippen LogP contribution in [0.25, 0.3) is 0 Å². The second-order valence-corrected chi connectivity index (χ2v) is 4.15. The number of aromatic nitrogens is 3. The molecule has 4 nitrogen and oxygen atoms in total. The Morgan fingerprint density at radius 1 is 1.50 bits per heavy atom. The summed E-state index contributed by atoms with van der Waals surface area (Å²) in [4.78, 5) is 0. The fraction of sp³-hybridized carbons (Fsp3) is 0.800. The molecular weight excluding hydrogens is 178 g/mol. The molecule has 2 rings (SSSR count). The molecule has 4 heteroatoms. The lowest BCUT2D eigenvalue weighted by atomic mass is 10.0. The van der Waals surface area contributed by atoms with Crippen LogP contribution in [0.5, 0.6) is 0 Å². The number of aliphatic hydroxyl groups is 1. The molecule has 1 aromatic heterocycles. The molecule has 1 aliphatic rings. The highest BCUT2D eigenvalue weighted by atomic mass is 16.3. The Morgan fingerprint density at radius 2 is 2.36 bits per heavy atom. The first kappa shape index (κ1) is 9.65. The van der Waals surface area contributed by atoms with E-state index in [0.29, 0.717) is 5.92 Å². The van der Waals surface area contributed by atoms with Crippen LogP contribution in [0, 0.1) is 5.92 Å². The monoisotopic (exact) mass is 195 g/mol. The molecule has 1 N–H and O–H groups in total. The van der Waals surface area contributed by atoms with Crippen molar-refractivity contribution in [3.8, 4) is 0 Å². The molecule has 0 bridgehead atoms. The van der Waals surface area contributed by atoms with E-state index >= 15 is 0 Å². The van der Waals surface area contributed by atoms with Gasteiger partial charge in [0, 0.05) is 13.2 Å². The molecule has 0 aliphatic carbocycles. The number of hydrogen-bond donors (Lipinski definition) is 1. The Kier molecular flexibility index (Phi) is 2.82. The van der Waals surface area contributed by atoms with Crippen molar-refractivity contribution in [3.63, 3.8) is 0 Å². The Morgan fingerprint density at radius 3 is 3.14 bits per heavy atom. The Labute approximate surface area is 83.9 Å². The maximum Gasteiger partial charge on any atom is 0.0862 e. The molecule has 0 amide bonds. The predicted octanol–water partition coefficient (Wildman–Crippen LogP) is 0.785. The van der Waals surface area contributed by atoms with Crippen molar-refractivity contribution in [1.29, 1.82) is 0 Å². The van der Waals surface area contributed by atoms with Gasteiger partial charge in [-0.25, -0.2) is 4.68 Å². The van der Waals surface area contributed by atoms with Crippen molar-refractivity contribution in [1.82, 2.24) is 15.0 Å². The molecule has 78 valence electrons. The van der Waals surface area contributed by atoms with Gasteiger partial charge in [-0.3, -0.25) is 0 Å². The molecule has 1 unspecified atom stereocenters.